The van der Waals surface area contributed by atoms with E-state index in [1.807, 2.05) is 23.1 Å². The largest absolute Gasteiger partial charge is 0.494 e. The number of thioether (sulfide) groups is 1. The van der Waals surface area contributed by atoms with Crippen molar-refractivity contribution in [3.05, 3.63) is 54.0 Å². The molecule has 2 aliphatic carbocycles. The zero-order valence-electron chi connectivity index (χ0n) is 23.9. The molecule has 2 bridgehead atoms. The van der Waals surface area contributed by atoms with E-state index in [0.717, 1.165) is 48.5 Å². The van der Waals surface area contributed by atoms with Gasteiger partial charge in [-0.3, -0.25) is 14.4 Å². The molecule has 1 saturated heterocycles. The van der Waals surface area contributed by atoms with Crippen LogP contribution >= 0.6 is 11.8 Å². The van der Waals surface area contributed by atoms with Crippen LogP contribution in [-0.4, -0.2) is 52.0 Å². The smallest absolute Gasteiger partial charge is 0.262 e. The van der Waals surface area contributed by atoms with Gasteiger partial charge in [-0.2, -0.15) is 0 Å². The van der Waals surface area contributed by atoms with Crippen molar-refractivity contribution in [3.63, 3.8) is 0 Å². The molecule has 41 heavy (non-hydrogen) atoms. The van der Waals surface area contributed by atoms with Crippen LogP contribution in [-0.2, 0) is 4.79 Å². The van der Waals surface area contributed by atoms with Crippen molar-refractivity contribution in [2.24, 2.45) is 28.7 Å². The third kappa shape index (κ3) is 6.47. The molecule has 0 radical (unpaired) electrons. The van der Waals surface area contributed by atoms with Crippen molar-refractivity contribution in [2.75, 3.05) is 19.7 Å². The Morgan fingerprint density at radius 2 is 1.98 bits per heavy atom. The van der Waals surface area contributed by atoms with Gasteiger partial charge < -0.3 is 14.1 Å². The molecule has 3 fully saturated rings. The van der Waals surface area contributed by atoms with Crippen LogP contribution in [0.5, 0.6) is 5.75 Å². The first-order chi connectivity index (χ1) is 19.9. The van der Waals surface area contributed by atoms with Crippen molar-refractivity contribution in [3.8, 4) is 5.75 Å². The van der Waals surface area contributed by atoms with Gasteiger partial charge in [0.2, 0.25) is 0 Å². The zero-order valence-corrected chi connectivity index (χ0v) is 24.7. The monoisotopic (exact) mass is 576 g/mol. The number of hydrogen-bond donors (Lipinski definition) is 0. The number of benzene rings is 1. The highest BCUT2D eigenvalue weighted by Crippen LogP contribution is 2.51. The molecular weight excluding hydrogens is 536 g/mol. The normalized spacial score (nSPS) is 27.8. The van der Waals surface area contributed by atoms with E-state index in [1.165, 1.54) is 38.2 Å². The lowest BCUT2D eigenvalue weighted by Crippen LogP contribution is -2.40. The minimum Gasteiger partial charge on any atom is -0.494 e. The SMILES string of the molecule is CC1(CC2CCN(C(=O)c3cccc(OCCCC(=O)c4ccoc4)c3)CC2)SC(C[C@H]2CC3CCC2C3)=NC1=O. The number of ketones is 1. The summed E-state index contributed by atoms with van der Waals surface area (Å²) in [4.78, 5) is 44.8. The van der Waals surface area contributed by atoms with Crippen molar-refractivity contribution < 1.29 is 23.5 Å². The molecule has 7 nitrogen and oxygen atoms in total. The fraction of sp³-hybridized carbons (Fsp3) is 0.576. The van der Waals surface area contributed by atoms with Crippen molar-refractivity contribution in [1.29, 1.82) is 0 Å². The van der Waals surface area contributed by atoms with E-state index in [0.29, 0.717) is 55.3 Å². The lowest BCUT2D eigenvalue weighted by molar-refractivity contribution is -0.119. The number of likely N-dealkylation sites (tertiary alicyclic amines) is 1. The second kappa shape index (κ2) is 12.2. The number of fused-ring (bicyclic) bond motifs is 2. The van der Waals surface area contributed by atoms with Gasteiger partial charge >= 0.3 is 0 Å². The van der Waals surface area contributed by atoms with Crippen molar-refractivity contribution >= 4 is 34.4 Å². The molecule has 6 rings (SSSR count). The fourth-order valence-electron chi connectivity index (χ4n) is 7.41. The van der Waals surface area contributed by atoms with Gasteiger partial charge in [-0.15, -0.1) is 0 Å². The Bertz CT molecular complexity index is 1300. The van der Waals surface area contributed by atoms with Crippen molar-refractivity contribution in [2.45, 2.75) is 75.9 Å². The molecule has 1 aromatic heterocycles. The van der Waals surface area contributed by atoms with Gasteiger partial charge in [0, 0.05) is 25.1 Å². The Morgan fingerprint density at radius 3 is 2.71 bits per heavy atom. The van der Waals surface area contributed by atoms with Gasteiger partial charge in [-0.25, -0.2) is 4.99 Å². The third-order valence-electron chi connectivity index (χ3n) is 9.66. The molecule has 2 aromatic rings. The summed E-state index contributed by atoms with van der Waals surface area (Å²) in [5.41, 5.74) is 1.19. The number of piperidine rings is 1. The van der Waals surface area contributed by atoms with Crippen LogP contribution < -0.4 is 4.74 Å². The number of carbonyl (C=O) groups is 3. The number of hydrogen-bond acceptors (Lipinski definition) is 6. The van der Waals surface area contributed by atoms with Gasteiger partial charge in [0.25, 0.3) is 11.8 Å². The number of furan rings is 1. The first-order valence-corrected chi connectivity index (χ1v) is 16.1. The maximum Gasteiger partial charge on any atom is 0.262 e. The Kier molecular flexibility index (Phi) is 8.38. The van der Waals surface area contributed by atoms with Crippen LogP contribution in [0.3, 0.4) is 0 Å². The Hall–Kier alpha value is -2.87. The summed E-state index contributed by atoms with van der Waals surface area (Å²) in [6, 6.07) is 8.96. The highest BCUT2D eigenvalue weighted by atomic mass is 32.2. The first kappa shape index (κ1) is 28.3. The molecule has 4 aliphatic rings. The predicted octanol–water partition coefficient (Wildman–Crippen LogP) is 6.82. The van der Waals surface area contributed by atoms with E-state index in [4.69, 9.17) is 9.15 Å². The van der Waals surface area contributed by atoms with Crippen LogP contribution in [0.25, 0.3) is 0 Å². The van der Waals surface area contributed by atoms with Gasteiger partial charge in [0.15, 0.2) is 5.78 Å². The molecule has 218 valence electrons. The topological polar surface area (TPSA) is 89.2 Å². The second-order valence-corrected chi connectivity index (χ2v) is 14.2. The summed E-state index contributed by atoms with van der Waals surface area (Å²) in [6.45, 7) is 3.86. The first-order valence-electron chi connectivity index (χ1n) is 15.2. The molecule has 1 aromatic carbocycles. The molecule has 2 amide bonds. The summed E-state index contributed by atoms with van der Waals surface area (Å²) < 4.78 is 10.3. The minimum atomic E-state index is -0.460. The van der Waals surface area contributed by atoms with E-state index in [-0.39, 0.29) is 17.6 Å². The van der Waals surface area contributed by atoms with Gasteiger partial charge in [-0.05, 0) is 106 Å². The Labute approximate surface area is 246 Å². The zero-order chi connectivity index (χ0) is 28.4. The van der Waals surface area contributed by atoms with Crippen LogP contribution in [0.15, 0.2) is 52.3 Å². The predicted molar refractivity (Wildman–Crippen MR) is 159 cm³/mol. The molecule has 0 N–H and O–H groups in total. The third-order valence-corrected chi connectivity index (χ3v) is 10.9. The van der Waals surface area contributed by atoms with E-state index in [9.17, 15) is 14.4 Å². The molecule has 3 unspecified atom stereocenters. The van der Waals surface area contributed by atoms with Crippen LogP contribution in [0.4, 0.5) is 0 Å². The standard InChI is InChI=1S/C33H40N2O5S/c1-33(32(38)34-30(41-33)19-27-17-23-7-8-24(27)16-23)20-22-9-12-35(13-10-22)31(37)25-4-2-5-28(18-25)40-14-3-6-29(36)26-11-15-39-21-26/h2,4-5,11,15,18,21-24,27H,3,6-10,12-14,16-17,19-20H2,1H3/t23?,24?,27-,33?/m1/s1. The maximum absolute atomic E-state index is 13.3. The highest BCUT2D eigenvalue weighted by molar-refractivity contribution is 8.16. The van der Waals surface area contributed by atoms with Crippen LogP contribution in [0.2, 0.25) is 0 Å². The van der Waals surface area contributed by atoms with Crippen LogP contribution in [0, 0.1) is 23.7 Å². The fourth-order valence-corrected chi connectivity index (χ4v) is 8.81. The molecule has 2 aliphatic heterocycles. The van der Waals surface area contributed by atoms with Crippen molar-refractivity contribution in [1.82, 2.24) is 4.90 Å². The summed E-state index contributed by atoms with van der Waals surface area (Å²) in [5, 5.41) is 1.06. The molecule has 2 saturated carbocycles. The molecule has 8 heteroatoms. The highest BCUT2D eigenvalue weighted by Gasteiger charge is 2.46. The lowest BCUT2D eigenvalue weighted by Gasteiger charge is -2.35. The number of rotatable bonds is 11. The van der Waals surface area contributed by atoms with Gasteiger partial charge in [0.05, 0.1) is 23.5 Å². The average molecular weight is 577 g/mol. The number of amides is 2. The van der Waals surface area contributed by atoms with E-state index in [2.05, 4.69) is 11.9 Å². The number of Topliss-reactive ketones (excluding diaryl/α,β-unsaturated/α-hetero) is 1. The minimum absolute atomic E-state index is 0.0121. The van der Waals surface area contributed by atoms with Crippen LogP contribution in [0.1, 0.15) is 91.8 Å². The number of nitrogens with zero attached hydrogens (tertiary/aromatic N) is 2. The molecule has 4 atom stereocenters. The lowest BCUT2D eigenvalue weighted by atomic mass is 9.86. The molecule has 0 spiro atoms. The van der Waals surface area contributed by atoms with Gasteiger partial charge in [-0.1, -0.05) is 24.2 Å². The number of aliphatic imine (C=N–C) groups is 1. The maximum atomic E-state index is 13.3. The average Bonchev–Trinajstić information content (AvgIpc) is 3.78. The second-order valence-electron chi connectivity index (χ2n) is 12.6. The van der Waals surface area contributed by atoms with E-state index < -0.39 is 4.75 Å². The molecule has 3 heterocycles. The summed E-state index contributed by atoms with van der Waals surface area (Å²) in [6.07, 6.45) is 13.0. The van der Waals surface area contributed by atoms with E-state index in [1.54, 1.807) is 23.9 Å². The summed E-state index contributed by atoms with van der Waals surface area (Å²) in [5.74, 6) is 3.62. The summed E-state index contributed by atoms with van der Waals surface area (Å²) in [7, 11) is 0. The van der Waals surface area contributed by atoms with E-state index >= 15 is 0 Å². The number of carbonyl (C=O) groups excluding carboxylic acids is 3. The molecular formula is C33H40N2O5S. The van der Waals surface area contributed by atoms with Gasteiger partial charge in [0.1, 0.15) is 16.8 Å². The Morgan fingerprint density at radius 1 is 1.12 bits per heavy atom. The Balaban J connectivity index is 0.943. The summed E-state index contributed by atoms with van der Waals surface area (Å²) >= 11 is 1.73. The number of ether oxygens (including phenoxy) is 1. The quantitative estimate of drug-likeness (QED) is 0.215.